The summed E-state index contributed by atoms with van der Waals surface area (Å²) in [6.45, 7) is 3.46. The van der Waals surface area contributed by atoms with E-state index in [0.717, 1.165) is 28.6 Å². The number of ether oxygens (including phenoxy) is 1. The Morgan fingerprint density at radius 3 is 2.96 bits per heavy atom. The first-order valence-electron chi connectivity index (χ1n) is 7.76. The molecule has 1 aromatic carbocycles. The first-order valence-corrected chi connectivity index (χ1v) is 7.76. The Hall–Kier alpha value is -2.24. The molecule has 0 saturated heterocycles. The summed E-state index contributed by atoms with van der Waals surface area (Å²) in [5, 5.41) is 8.03. The normalized spacial score (nSPS) is 14.0. The molecule has 3 aromatic rings. The lowest BCUT2D eigenvalue weighted by Gasteiger charge is -2.29. The summed E-state index contributed by atoms with van der Waals surface area (Å²) in [4.78, 5) is 4.30. The van der Waals surface area contributed by atoms with Crippen molar-refractivity contribution in [3.63, 3.8) is 0 Å². The Labute approximate surface area is 135 Å². The summed E-state index contributed by atoms with van der Waals surface area (Å²) < 4.78 is 5.25. The molecule has 1 unspecified atom stereocenters. The summed E-state index contributed by atoms with van der Waals surface area (Å²) in [5.74, 6) is 0. The Bertz CT molecular complexity index is 798. The number of nitrogens with one attached hydrogen (secondary N) is 1. The van der Waals surface area contributed by atoms with Crippen LogP contribution in [0.5, 0.6) is 0 Å². The van der Waals surface area contributed by atoms with Gasteiger partial charge in [-0.15, -0.1) is 0 Å². The minimum absolute atomic E-state index is 0.103. The van der Waals surface area contributed by atoms with Gasteiger partial charge in [0.15, 0.2) is 5.65 Å². The zero-order chi connectivity index (χ0) is 16.3. The van der Waals surface area contributed by atoms with E-state index in [1.807, 2.05) is 12.3 Å². The number of benzene rings is 1. The van der Waals surface area contributed by atoms with Crippen molar-refractivity contribution in [1.82, 2.24) is 15.2 Å². The molecule has 0 fully saturated rings. The van der Waals surface area contributed by atoms with Gasteiger partial charge in [-0.3, -0.25) is 5.10 Å². The van der Waals surface area contributed by atoms with Crippen molar-refractivity contribution >= 4 is 11.0 Å². The molecule has 5 nitrogen and oxygen atoms in total. The zero-order valence-corrected chi connectivity index (χ0v) is 13.5. The predicted octanol–water partition coefficient (Wildman–Crippen LogP) is 2.88. The molecule has 3 rings (SSSR count). The van der Waals surface area contributed by atoms with Gasteiger partial charge in [0.25, 0.3) is 0 Å². The standard InChI is InChI=1S/C18H22N4O/c1-18(12-19,7-9-23-2)14-5-3-4-13(10-14)15-6-8-20-17-16(15)11-21-22-17/h3-6,8,10-11H,7,9,12,19H2,1-2H3,(H,20,21,22). The van der Waals surface area contributed by atoms with Crippen LogP contribution in [-0.4, -0.2) is 35.4 Å². The minimum Gasteiger partial charge on any atom is -0.385 e. The van der Waals surface area contributed by atoms with Crippen molar-refractivity contribution in [2.24, 2.45) is 5.73 Å². The summed E-state index contributed by atoms with van der Waals surface area (Å²) in [5.41, 5.74) is 10.3. The van der Waals surface area contributed by atoms with Crippen LogP contribution >= 0.6 is 0 Å². The maximum atomic E-state index is 6.06. The first kappa shape index (κ1) is 15.6. The van der Waals surface area contributed by atoms with Crippen LogP contribution in [0, 0.1) is 0 Å². The molecule has 120 valence electrons. The van der Waals surface area contributed by atoms with E-state index in [1.165, 1.54) is 5.56 Å². The van der Waals surface area contributed by atoms with Gasteiger partial charge in [0.05, 0.1) is 6.20 Å². The number of hydrogen-bond acceptors (Lipinski definition) is 4. The maximum absolute atomic E-state index is 6.06. The van der Waals surface area contributed by atoms with E-state index in [4.69, 9.17) is 10.5 Å². The van der Waals surface area contributed by atoms with Gasteiger partial charge in [-0.2, -0.15) is 5.10 Å². The number of nitrogens with zero attached hydrogens (tertiary/aromatic N) is 2. The number of hydrogen-bond donors (Lipinski definition) is 2. The van der Waals surface area contributed by atoms with Gasteiger partial charge in [-0.25, -0.2) is 4.98 Å². The van der Waals surface area contributed by atoms with E-state index in [2.05, 4.69) is 46.4 Å². The molecule has 5 heteroatoms. The first-order chi connectivity index (χ1) is 11.2. The molecule has 1 atom stereocenters. The highest BCUT2D eigenvalue weighted by Crippen LogP contribution is 2.32. The maximum Gasteiger partial charge on any atom is 0.155 e. The highest BCUT2D eigenvalue weighted by molar-refractivity contribution is 5.92. The highest BCUT2D eigenvalue weighted by Gasteiger charge is 2.25. The van der Waals surface area contributed by atoms with E-state index >= 15 is 0 Å². The molecule has 0 aliphatic heterocycles. The lowest BCUT2D eigenvalue weighted by atomic mass is 9.79. The molecule has 23 heavy (non-hydrogen) atoms. The van der Waals surface area contributed by atoms with Gasteiger partial charge in [-0.1, -0.05) is 31.2 Å². The third-order valence-corrected chi connectivity index (χ3v) is 4.53. The van der Waals surface area contributed by atoms with Gasteiger partial charge < -0.3 is 10.5 Å². The number of nitrogens with two attached hydrogens (primary N) is 1. The molecule has 0 aliphatic rings. The van der Waals surface area contributed by atoms with Crippen molar-refractivity contribution in [3.05, 3.63) is 48.3 Å². The lowest BCUT2D eigenvalue weighted by Crippen LogP contribution is -2.33. The number of pyridine rings is 1. The van der Waals surface area contributed by atoms with Crippen molar-refractivity contribution in [1.29, 1.82) is 0 Å². The Balaban J connectivity index is 2.04. The summed E-state index contributed by atoms with van der Waals surface area (Å²) in [6.07, 6.45) is 4.51. The van der Waals surface area contributed by atoms with Gasteiger partial charge in [0.2, 0.25) is 0 Å². The van der Waals surface area contributed by atoms with E-state index in [1.54, 1.807) is 13.3 Å². The number of rotatable bonds is 6. The molecule has 0 amide bonds. The van der Waals surface area contributed by atoms with Crippen molar-refractivity contribution in [2.75, 3.05) is 20.3 Å². The van der Waals surface area contributed by atoms with Crippen molar-refractivity contribution in [2.45, 2.75) is 18.8 Å². The largest absolute Gasteiger partial charge is 0.385 e. The van der Waals surface area contributed by atoms with Crippen LogP contribution in [0.4, 0.5) is 0 Å². The number of aromatic amines is 1. The van der Waals surface area contributed by atoms with E-state index in [0.29, 0.717) is 13.2 Å². The van der Waals surface area contributed by atoms with Crippen molar-refractivity contribution in [3.8, 4) is 11.1 Å². The fourth-order valence-electron chi connectivity index (χ4n) is 2.86. The van der Waals surface area contributed by atoms with Gasteiger partial charge in [0, 0.05) is 37.3 Å². The predicted molar refractivity (Wildman–Crippen MR) is 92.2 cm³/mol. The van der Waals surface area contributed by atoms with Crippen LogP contribution in [0.15, 0.2) is 42.7 Å². The molecular weight excluding hydrogens is 288 g/mol. The molecular formula is C18H22N4O. The monoisotopic (exact) mass is 310 g/mol. The third kappa shape index (κ3) is 2.98. The zero-order valence-electron chi connectivity index (χ0n) is 13.5. The molecule has 2 heterocycles. The van der Waals surface area contributed by atoms with Crippen LogP contribution in [0.1, 0.15) is 18.9 Å². The fraction of sp³-hybridized carbons (Fsp3) is 0.333. The van der Waals surface area contributed by atoms with Crippen LogP contribution in [0.25, 0.3) is 22.2 Å². The average Bonchev–Trinajstić information content (AvgIpc) is 3.08. The summed E-state index contributed by atoms with van der Waals surface area (Å²) in [6, 6.07) is 10.6. The average molecular weight is 310 g/mol. The van der Waals surface area contributed by atoms with Crippen LogP contribution in [0.3, 0.4) is 0 Å². The molecule has 0 saturated carbocycles. The molecule has 0 radical (unpaired) electrons. The molecule has 3 N–H and O–H groups in total. The fourth-order valence-corrected chi connectivity index (χ4v) is 2.86. The second-order valence-corrected chi connectivity index (χ2v) is 6.08. The third-order valence-electron chi connectivity index (χ3n) is 4.53. The van der Waals surface area contributed by atoms with E-state index < -0.39 is 0 Å². The van der Waals surface area contributed by atoms with Crippen molar-refractivity contribution < 1.29 is 4.74 Å². The number of H-pyrrole nitrogens is 1. The molecule has 0 spiro atoms. The van der Waals surface area contributed by atoms with Crippen LogP contribution < -0.4 is 5.73 Å². The van der Waals surface area contributed by atoms with Crippen LogP contribution in [0.2, 0.25) is 0 Å². The quantitative estimate of drug-likeness (QED) is 0.734. The Morgan fingerprint density at radius 1 is 1.30 bits per heavy atom. The topological polar surface area (TPSA) is 76.8 Å². The van der Waals surface area contributed by atoms with Crippen LogP contribution in [-0.2, 0) is 10.2 Å². The Morgan fingerprint density at radius 2 is 2.17 bits per heavy atom. The second-order valence-electron chi connectivity index (χ2n) is 6.08. The highest BCUT2D eigenvalue weighted by atomic mass is 16.5. The number of fused-ring (bicyclic) bond motifs is 1. The van der Waals surface area contributed by atoms with E-state index in [9.17, 15) is 0 Å². The van der Waals surface area contributed by atoms with Gasteiger partial charge in [-0.05, 0) is 29.2 Å². The smallest absolute Gasteiger partial charge is 0.155 e. The SMILES string of the molecule is COCCC(C)(CN)c1cccc(-c2ccnc3[nH]ncc23)c1. The summed E-state index contributed by atoms with van der Waals surface area (Å²) in [7, 11) is 1.72. The number of aromatic nitrogens is 3. The van der Waals surface area contributed by atoms with Gasteiger partial charge in [0.1, 0.15) is 0 Å². The molecule has 0 aliphatic carbocycles. The second kappa shape index (κ2) is 6.48. The summed E-state index contributed by atoms with van der Waals surface area (Å²) >= 11 is 0. The Kier molecular flexibility index (Phi) is 4.41. The number of methoxy groups -OCH3 is 1. The van der Waals surface area contributed by atoms with E-state index in [-0.39, 0.29) is 5.41 Å². The van der Waals surface area contributed by atoms with Gasteiger partial charge >= 0.3 is 0 Å². The minimum atomic E-state index is -0.103. The molecule has 0 bridgehead atoms. The molecule has 2 aromatic heterocycles. The lowest BCUT2D eigenvalue weighted by molar-refractivity contribution is 0.172.